The predicted molar refractivity (Wildman–Crippen MR) is 142 cm³/mol. The average molecular weight is 490 g/mol. The summed E-state index contributed by atoms with van der Waals surface area (Å²) in [4.78, 5) is 22.7. The summed E-state index contributed by atoms with van der Waals surface area (Å²) in [5.74, 6) is 0.0287. The molecule has 3 unspecified atom stereocenters. The Morgan fingerprint density at radius 1 is 1.00 bits per heavy atom. The lowest BCUT2D eigenvalue weighted by atomic mass is 9.94. The zero-order chi connectivity index (χ0) is 24.1. The number of fused-ring (bicyclic) bond motifs is 4. The number of carbonyl (C=O) groups excluding carboxylic acids is 1. The molecule has 0 aliphatic carbocycles. The number of hydrogen-bond acceptors (Lipinski definition) is 5. The summed E-state index contributed by atoms with van der Waals surface area (Å²) >= 11 is 1.77. The molecule has 4 heterocycles. The van der Waals surface area contributed by atoms with Gasteiger partial charge in [-0.3, -0.25) is 9.69 Å². The number of rotatable bonds is 4. The lowest BCUT2D eigenvalue weighted by molar-refractivity contribution is 0.0764. The van der Waals surface area contributed by atoms with Gasteiger partial charge in [-0.15, -0.1) is 0 Å². The quantitative estimate of drug-likeness (QED) is 0.578. The van der Waals surface area contributed by atoms with Crippen LogP contribution in [-0.4, -0.2) is 64.7 Å². The molecule has 0 radical (unpaired) electrons. The number of carbonyl (C=O) groups is 1. The predicted octanol–water partition coefficient (Wildman–Crippen LogP) is 5.46. The molecule has 2 aromatic rings. The molecule has 5 nitrogen and oxygen atoms in total. The molecular formula is C29H35N3O2S. The molecule has 2 aromatic carbocycles. The molecule has 2 bridgehead atoms. The van der Waals surface area contributed by atoms with E-state index < -0.39 is 6.10 Å². The van der Waals surface area contributed by atoms with E-state index in [1.807, 2.05) is 6.07 Å². The van der Waals surface area contributed by atoms with E-state index in [1.54, 1.807) is 16.7 Å². The second-order valence-electron chi connectivity index (χ2n) is 10.8. The van der Waals surface area contributed by atoms with E-state index in [4.69, 9.17) is 0 Å². The van der Waals surface area contributed by atoms with Crippen molar-refractivity contribution in [2.45, 2.75) is 80.0 Å². The standard InChI is InChI=1S/C29H35N3O2S/c1-19(2)11-14-31-21-8-9-22(31)17-23(16-21)32-25-5-3-4-6-27(25)35-28-15-20(7-10-26(28)32)29(34)30-13-12-24(33)18-30/h3-7,10-11,15,21-24,33H,8-9,12-14,16-18H2,1-2H3. The Hall–Kier alpha value is -2.28. The molecule has 4 aliphatic heterocycles. The first-order valence-corrected chi connectivity index (χ1v) is 13.9. The molecular weight excluding hydrogens is 454 g/mol. The van der Waals surface area contributed by atoms with Crippen LogP contribution in [0.3, 0.4) is 0 Å². The van der Waals surface area contributed by atoms with Crippen LogP contribution >= 0.6 is 11.8 Å². The highest BCUT2D eigenvalue weighted by molar-refractivity contribution is 7.99. The van der Waals surface area contributed by atoms with Crippen LogP contribution in [0.4, 0.5) is 11.4 Å². The van der Waals surface area contributed by atoms with Crippen molar-refractivity contribution in [2.75, 3.05) is 24.5 Å². The second-order valence-corrected chi connectivity index (χ2v) is 11.9. The summed E-state index contributed by atoms with van der Waals surface area (Å²) < 4.78 is 0. The number of likely N-dealkylation sites (tertiary alicyclic amines) is 1. The van der Waals surface area contributed by atoms with E-state index in [0.717, 1.165) is 17.0 Å². The third kappa shape index (κ3) is 4.30. The molecule has 3 fully saturated rings. The van der Waals surface area contributed by atoms with E-state index in [0.29, 0.717) is 37.6 Å². The number of amides is 1. The van der Waals surface area contributed by atoms with Gasteiger partial charge in [0.2, 0.25) is 0 Å². The van der Waals surface area contributed by atoms with Crippen LogP contribution in [0.2, 0.25) is 0 Å². The Bertz CT molecular complexity index is 1150. The highest BCUT2D eigenvalue weighted by Gasteiger charge is 2.43. The Labute approximate surface area is 212 Å². The first-order valence-electron chi connectivity index (χ1n) is 13.0. The minimum atomic E-state index is -0.397. The SMILES string of the molecule is CC(C)=CCN1C2CCC1CC(N1c3ccccc3Sc3cc(C(=O)N4CCC(O)C4)ccc31)C2. The van der Waals surface area contributed by atoms with Crippen molar-refractivity contribution in [3.05, 3.63) is 59.7 Å². The van der Waals surface area contributed by atoms with Crippen LogP contribution in [0, 0.1) is 0 Å². The summed E-state index contributed by atoms with van der Waals surface area (Å²) in [6.07, 6.45) is 7.60. The van der Waals surface area contributed by atoms with Crippen LogP contribution in [0.1, 0.15) is 56.3 Å². The third-order valence-electron chi connectivity index (χ3n) is 8.20. The molecule has 0 spiro atoms. The van der Waals surface area contributed by atoms with Gasteiger partial charge in [-0.2, -0.15) is 0 Å². The highest BCUT2D eigenvalue weighted by Crippen LogP contribution is 2.52. The molecule has 35 heavy (non-hydrogen) atoms. The summed E-state index contributed by atoms with van der Waals surface area (Å²) in [7, 11) is 0. The molecule has 1 N–H and O–H groups in total. The molecule has 4 aliphatic rings. The Morgan fingerprint density at radius 2 is 1.74 bits per heavy atom. The number of piperidine rings is 1. The number of para-hydroxylation sites is 1. The summed E-state index contributed by atoms with van der Waals surface area (Å²) in [6.45, 7) is 6.53. The van der Waals surface area contributed by atoms with Gasteiger partial charge in [0.05, 0.1) is 17.5 Å². The monoisotopic (exact) mass is 489 g/mol. The molecule has 3 saturated heterocycles. The van der Waals surface area contributed by atoms with Crippen molar-refractivity contribution >= 4 is 29.0 Å². The number of allylic oxidation sites excluding steroid dienone is 1. The molecule has 6 rings (SSSR count). The number of β-amino-alcohol motifs (C(OH)–C–C–N with tert-alkyl or cyclic N) is 1. The van der Waals surface area contributed by atoms with E-state index in [2.05, 4.69) is 66.1 Å². The van der Waals surface area contributed by atoms with Crippen molar-refractivity contribution in [3.8, 4) is 0 Å². The number of aliphatic hydroxyl groups is 1. The van der Waals surface area contributed by atoms with Gasteiger partial charge in [0.1, 0.15) is 0 Å². The Morgan fingerprint density at radius 3 is 2.46 bits per heavy atom. The van der Waals surface area contributed by atoms with Crippen molar-refractivity contribution in [1.82, 2.24) is 9.80 Å². The van der Waals surface area contributed by atoms with Gasteiger partial charge in [-0.25, -0.2) is 0 Å². The normalized spacial score (nSPS) is 27.5. The maximum absolute atomic E-state index is 13.1. The molecule has 0 aromatic heterocycles. The largest absolute Gasteiger partial charge is 0.391 e. The summed E-state index contributed by atoms with van der Waals surface area (Å²) in [5, 5.41) is 9.89. The zero-order valence-electron chi connectivity index (χ0n) is 20.7. The van der Waals surface area contributed by atoms with Crippen molar-refractivity contribution < 1.29 is 9.90 Å². The smallest absolute Gasteiger partial charge is 0.253 e. The van der Waals surface area contributed by atoms with Crippen molar-refractivity contribution in [3.63, 3.8) is 0 Å². The van der Waals surface area contributed by atoms with Gasteiger partial charge >= 0.3 is 0 Å². The van der Waals surface area contributed by atoms with Crippen LogP contribution < -0.4 is 4.90 Å². The number of aliphatic hydroxyl groups excluding tert-OH is 1. The minimum Gasteiger partial charge on any atom is -0.391 e. The number of hydrogen-bond donors (Lipinski definition) is 1. The fourth-order valence-electron chi connectivity index (χ4n) is 6.46. The van der Waals surface area contributed by atoms with Gasteiger partial charge in [-0.1, -0.05) is 35.5 Å². The molecule has 184 valence electrons. The minimum absolute atomic E-state index is 0.0287. The van der Waals surface area contributed by atoms with E-state index >= 15 is 0 Å². The van der Waals surface area contributed by atoms with Crippen molar-refractivity contribution in [1.29, 1.82) is 0 Å². The molecule has 0 saturated carbocycles. The fourth-order valence-corrected chi connectivity index (χ4v) is 7.57. The van der Waals surface area contributed by atoms with Crippen LogP contribution in [0.15, 0.2) is 63.9 Å². The van der Waals surface area contributed by atoms with Gasteiger partial charge in [0, 0.05) is 53.1 Å². The topological polar surface area (TPSA) is 47.0 Å². The maximum atomic E-state index is 13.1. The van der Waals surface area contributed by atoms with Gasteiger partial charge in [0.15, 0.2) is 0 Å². The van der Waals surface area contributed by atoms with Crippen LogP contribution in [-0.2, 0) is 0 Å². The lowest BCUT2D eigenvalue weighted by Gasteiger charge is -2.46. The number of nitrogens with zero attached hydrogens (tertiary/aromatic N) is 3. The Balaban J connectivity index is 1.31. The summed E-state index contributed by atoms with van der Waals surface area (Å²) in [6, 6.07) is 16.7. The number of benzene rings is 2. The Kier molecular flexibility index (Phi) is 6.15. The van der Waals surface area contributed by atoms with Crippen LogP contribution in [0.25, 0.3) is 0 Å². The van der Waals surface area contributed by atoms with Crippen LogP contribution in [0.5, 0.6) is 0 Å². The molecule has 3 atom stereocenters. The molecule has 1 amide bonds. The van der Waals surface area contributed by atoms with Gasteiger partial charge in [-0.05, 0) is 76.3 Å². The summed E-state index contributed by atoms with van der Waals surface area (Å²) in [5.41, 5.74) is 4.65. The second kappa shape index (κ2) is 9.30. The number of anilines is 2. The van der Waals surface area contributed by atoms with E-state index in [9.17, 15) is 9.90 Å². The first kappa shape index (κ1) is 23.1. The highest BCUT2D eigenvalue weighted by atomic mass is 32.2. The van der Waals surface area contributed by atoms with Gasteiger partial charge in [0.25, 0.3) is 5.91 Å². The third-order valence-corrected chi connectivity index (χ3v) is 9.31. The van der Waals surface area contributed by atoms with E-state index in [1.165, 1.54) is 47.5 Å². The lowest BCUT2D eigenvalue weighted by Crippen LogP contribution is -2.49. The molecule has 6 heteroatoms. The average Bonchev–Trinajstić information content (AvgIpc) is 3.39. The van der Waals surface area contributed by atoms with Crippen molar-refractivity contribution in [2.24, 2.45) is 0 Å². The first-order chi connectivity index (χ1) is 17.0. The maximum Gasteiger partial charge on any atom is 0.253 e. The van der Waals surface area contributed by atoms with E-state index in [-0.39, 0.29) is 5.91 Å². The van der Waals surface area contributed by atoms with Gasteiger partial charge < -0.3 is 14.9 Å². The zero-order valence-corrected chi connectivity index (χ0v) is 21.5. The fraction of sp³-hybridized carbons (Fsp3) is 0.483.